The normalized spacial score (nSPS) is 34.7. The van der Waals surface area contributed by atoms with E-state index in [0.29, 0.717) is 18.8 Å². The zero-order valence-electron chi connectivity index (χ0n) is 12.1. The summed E-state index contributed by atoms with van der Waals surface area (Å²) in [5, 5.41) is 46.4. The lowest BCUT2D eigenvalue weighted by molar-refractivity contribution is -0.254. The first-order valence-electron chi connectivity index (χ1n) is 7.14. The Morgan fingerprint density at radius 3 is 2.70 bits per heavy atom. The highest BCUT2D eigenvalue weighted by Gasteiger charge is 2.44. The molecule has 0 radical (unpaired) electrons. The summed E-state index contributed by atoms with van der Waals surface area (Å²) < 4.78 is 11.4. The highest BCUT2D eigenvalue weighted by molar-refractivity contribution is 5.69. The summed E-state index contributed by atoms with van der Waals surface area (Å²) >= 11 is 0. The van der Waals surface area contributed by atoms with Crippen LogP contribution in [0.3, 0.4) is 0 Å². The Balaban J connectivity index is 1.72. The topological polar surface area (TPSA) is 150 Å². The largest absolute Gasteiger partial charge is 0.448 e. The van der Waals surface area contributed by atoms with Crippen LogP contribution >= 0.6 is 0 Å². The first-order chi connectivity index (χ1) is 11.0. The van der Waals surface area contributed by atoms with Gasteiger partial charge in [0.25, 0.3) is 0 Å². The van der Waals surface area contributed by atoms with Gasteiger partial charge < -0.3 is 29.9 Å². The molecule has 1 aromatic heterocycles. The SMILES string of the molecule is O=C1OCCN1Cc1cn([C@@H]2O[C@H](CO)[C@H](O)[C@H](O)[C@H]2O)nn1. The fraction of sp³-hybridized carbons (Fsp3) is 0.750. The molecule has 0 saturated carbocycles. The zero-order valence-corrected chi connectivity index (χ0v) is 12.1. The molecule has 11 nitrogen and oxygen atoms in total. The maximum atomic E-state index is 11.4. The van der Waals surface area contributed by atoms with E-state index in [2.05, 4.69) is 10.3 Å². The minimum Gasteiger partial charge on any atom is -0.448 e. The van der Waals surface area contributed by atoms with Gasteiger partial charge in [0.2, 0.25) is 0 Å². The highest BCUT2D eigenvalue weighted by Crippen LogP contribution is 2.27. The van der Waals surface area contributed by atoms with Gasteiger partial charge in [0.15, 0.2) is 6.23 Å². The first kappa shape index (κ1) is 16.1. The number of aromatic nitrogens is 3. The third-order valence-corrected chi connectivity index (χ3v) is 3.88. The average molecular weight is 330 g/mol. The molecule has 3 rings (SSSR count). The summed E-state index contributed by atoms with van der Waals surface area (Å²) in [5.74, 6) is 0. The minimum absolute atomic E-state index is 0.191. The summed E-state index contributed by atoms with van der Waals surface area (Å²) in [4.78, 5) is 12.8. The standard InChI is InChI=1S/C12H18N4O7/c17-5-7-8(18)9(19)10(20)11(23-7)16-4-6(13-14-16)3-15-1-2-22-12(15)21/h4,7-11,17-20H,1-3,5H2/t7-,8+,9+,10-,11-/m1/s1. The van der Waals surface area contributed by atoms with E-state index in [9.17, 15) is 25.2 Å². The Morgan fingerprint density at radius 2 is 2.04 bits per heavy atom. The van der Waals surface area contributed by atoms with Crippen LogP contribution in [0.2, 0.25) is 0 Å². The highest BCUT2D eigenvalue weighted by atomic mass is 16.6. The van der Waals surface area contributed by atoms with Crippen LogP contribution in [0.4, 0.5) is 4.79 Å². The van der Waals surface area contributed by atoms with Gasteiger partial charge in [0, 0.05) is 0 Å². The smallest absolute Gasteiger partial charge is 0.410 e. The molecule has 0 aliphatic carbocycles. The van der Waals surface area contributed by atoms with Crippen LogP contribution in [0, 0.1) is 0 Å². The van der Waals surface area contributed by atoms with Crippen LogP contribution in [-0.2, 0) is 16.0 Å². The number of aliphatic hydroxyl groups is 4. The predicted octanol–water partition coefficient (Wildman–Crippen LogP) is -2.80. The van der Waals surface area contributed by atoms with E-state index in [1.54, 1.807) is 0 Å². The number of rotatable bonds is 4. The van der Waals surface area contributed by atoms with Crippen LogP contribution < -0.4 is 0 Å². The second-order valence-corrected chi connectivity index (χ2v) is 5.45. The average Bonchev–Trinajstić information content (AvgIpc) is 3.16. The molecule has 128 valence electrons. The molecule has 2 aliphatic rings. The van der Waals surface area contributed by atoms with Crippen molar-refractivity contribution in [2.45, 2.75) is 37.2 Å². The molecule has 0 aromatic carbocycles. The number of hydrogen-bond donors (Lipinski definition) is 4. The van der Waals surface area contributed by atoms with Crippen molar-refractivity contribution in [1.82, 2.24) is 19.9 Å². The van der Waals surface area contributed by atoms with E-state index >= 15 is 0 Å². The van der Waals surface area contributed by atoms with Gasteiger partial charge in [-0.1, -0.05) is 5.21 Å². The van der Waals surface area contributed by atoms with Gasteiger partial charge >= 0.3 is 6.09 Å². The van der Waals surface area contributed by atoms with Crippen molar-refractivity contribution in [2.24, 2.45) is 0 Å². The zero-order chi connectivity index (χ0) is 16.6. The summed E-state index contributed by atoms with van der Waals surface area (Å²) in [6.07, 6.45) is -5.50. The van der Waals surface area contributed by atoms with E-state index in [-0.39, 0.29) is 6.54 Å². The van der Waals surface area contributed by atoms with Gasteiger partial charge in [-0.05, 0) is 0 Å². The fourth-order valence-corrected chi connectivity index (χ4v) is 2.58. The Hall–Kier alpha value is -1.79. The summed E-state index contributed by atoms with van der Waals surface area (Å²) in [6.45, 7) is 0.435. The number of hydrogen-bond acceptors (Lipinski definition) is 9. The number of amides is 1. The number of ether oxygens (including phenoxy) is 2. The van der Waals surface area contributed by atoms with Crippen molar-refractivity contribution in [2.75, 3.05) is 19.8 Å². The Morgan fingerprint density at radius 1 is 1.26 bits per heavy atom. The number of aliphatic hydroxyl groups excluding tert-OH is 4. The lowest BCUT2D eigenvalue weighted by atomic mass is 9.98. The third kappa shape index (κ3) is 3.01. The number of carbonyl (C=O) groups excluding carboxylic acids is 1. The van der Waals surface area contributed by atoms with E-state index in [4.69, 9.17) is 9.47 Å². The summed E-state index contributed by atoms with van der Waals surface area (Å²) in [5.41, 5.74) is 0.445. The minimum atomic E-state index is -1.49. The van der Waals surface area contributed by atoms with Crippen LogP contribution in [0.1, 0.15) is 11.9 Å². The van der Waals surface area contributed by atoms with Crippen molar-refractivity contribution in [3.05, 3.63) is 11.9 Å². The summed E-state index contributed by atoms with van der Waals surface area (Å²) in [6, 6.07) is 0. The molecule has 1 amide bonds. The van der Waals surface area contributed by atoms with Crippen LogP contribution in [0.5, 0.6) is 0 Å². The van der Waals surface area contributed by atoms with Crippen molar-refractivity contribution < 1.29 is 34.7 Å². The molecule has 2 aliphatic heterocycles. The molecule has 0 bridgehead atoms. The Labute approximate surface area is 130 Å². The van der Waals surface area contributed by atoms with Crippen molar-refractivity contribution >= 4 is 6.09 Å². The summed E-state index contributed by atoms with van der Waals surface area (Å²) in [7, 11) is 0. The predicted molar refractivity (Wildman–Crippen MR) is 70.8 cm³/mol. The van der Waals surface area contributed by atoms with E-state index in [1.165, 1.54) is 15.8 Å². The molecule has 5 atom stereocenters. The number of cyclic esters (lactones) is 1. The maximum absolute atomic E-state index is 11.4. The van der Waals surface area contributed by atoms with Crippen molar-refractivity contribution in [3.63, 3.8) is 0 Å². The second-order valence-electron chi connectivity index (χ2n) is 5.45. The van der Waals surface area contributed by atoms with E-state index in [0.717, 1.165) is 0 Å². The molecular weight excluding hydrogens is 312 g/mol. The van der Waals surface area contributed by atoms with Gasteiger partial charge in [0.1, 0.15) is 36.7 Å². The maximum Gasteiger partial charge on any atom is 0.410 e. The molecule has 1 aromatic rings. The Kier molecular flexibility index (Phi) is 4.46. The monoisotopic (exact) mass is 330 g/mol. The molecule has 11 heteroatoms. The molecule has 23 heavy (non-hydrogen) atoms. The van der Waals surface area contributed by atoms with Gasteiger partial charge in [-0.2, -0.15) is 0 Å². The van der Waals surface area contributed by atoms with Crippen LogP contribution in [-0.4, -0.2) is 90.6 Å². The van der Waals surface area contributed by atoms with Crippen molar-refractivity contribution in [1.29, 1.82) is 0 Å². The van der Waals surface area contributed by atoms with E-state index < -0.39 is 43.3 Å². The van der Waals surface area contributed by atoms with Gasteiger partial charge in [0.05, 0.1) is 25.9 Å². The molecule has 3 heterocycles. The Bertz CT molecular complexity index is 565. The molecule has 0 unspecified atom stereocenters. The second kappa shape index (κ2) is 6.37. The molecule has 4 N–H and O–H groups in total. The third-order valence-electron chi connectivity index (χ3n) is 3.88. The fourth-order valence-electron chi connectivity index (χ4n) is 2.58. The quantitative estimate of drug-likeness (QED) is 0.459. The van der Waals surface area contributed by atoms with Gasteiger partial charge in [-0.15, -0.1) is 5.10 Å². The van der Waals surface area contributed by atoms with Gasteiger partial charge in [-0.3, -0.25) is 4.90 Å². The van der Waals surface area contributed by atoms with Gasteiger partial charge in [-0.25, -0.2) is 9.48 Å². The first-order valence-corrected chi connectivity index (χ1v) is 7.14. The van der Waals surface area contributed by atoms with Crippen LogP contribution in [0.25, 0.3) is 0 Å². The molecule has 2 saturated heterocycles. The van der Waals surface area contributed by atoms with Crippen LogP contribution in [0.15, 0.2) is 6.20 Å². The van der Waals surface area contributed by atoms with Crippen molar-refractivity contribution in [3.8, 4) is 0 Å². The number of carbonyl (C=O) groups is 1. The van der Waals surface area contributed by atoms with E-state index in [1.807, 2.05) is 0 Å². The molecular formula is C12H18N4O7. The lowest BCUT2D eigenvalue weighted by Gasteiger charge is -2.39. The molecule has 0 spiro atoms. The lowest BCUT2D eigenvalue weighted by Crippen LogP contribution is -2.56. The molecule has 2 fully saturated rings. The number of nitrogens with zero attached hydrogens (tertiary/aromatic N) is 4.